The van der Waals surface area contributed by atoms with Gasteiger partial charge in [-0.2, -0.15) is 0 Å². The van der Waals surface area contributed by atoms with Crippen LogP contribution in [0.2, 0.25) is 0 Å². The van der Waals surface area contributed by atoms with Crippen LogP contribution in [-0.2, 0) is 16.6 Å². The zero-order valence-electron chi connectivity index (χ0n) is 19.5. The van der Waals surface area contributed by atoms with Crippen LogP contribution in [0.25, 0.3) is 0 Å². The lowest BCUT2D eigenvalue weighted by Gasteiger charge is -2.65. The van der Waals surface area contributed by atoms with Crippen molar-refractivity contribution in [1.29, 1.82) is 0 Å². The summed E-state index contributed by atoms with van der Waals surface area (Å²) in [5.41, 5.74) is -1.54. The van der Waals surface area contributed by atoms with Crippen LogP contribution < -0.4 is 5.32 Å². The van der Waals surface area contributed by atoms with Gasteiger partial charge < -0.3 is 30.8 Å². The summed E-state index contributed by atoms with van der Waals surface area (Å²) in [5.74, 6) is -1.04. The summed E-state index contributed by atoms with van der Waals surface area (Å²) in [5, 5.41) is 57.9. The van der Waals surface area contributed by atoms with Crippen molar-refractivity contribution < 1.29 is 30.3 Å². The van der Waals surface area contributed by atoms with Gasteiger partial charge in [0.15, 0.2) is 11.5 Å². The number of likely N-dealkylation sites (tertiary alicyclic amines) is 1. The lowest BCUT2D eigenvalue weighted by Crippen LogP contribution is -2.75. The molecule has 1 aromatic rings. The Kier molecular flexibility index (Phi) is 4.65. The van der Waals surface area contributed by atoms with E-state index in [4.69, 9.17) is 0 Å². The number of aliphatic hydroxyl groups excluding tert-OH is 2. The smallest absolute Gasteiger partial charge is 0.251 e. The minimum Gasteiger partial charge on any atom is -0.512 e. The van der Waals surface area contributed by atoms with Crippen LogP contribution in [0.15, 0.2) is 23.5 Å². The largest absolute Gasteiger partial charge is 0.512 e. The van der Waals surface area contributed by atoms with E-state index in [0.717, 1.165) is 12.1 Å². The van der Waals surface area contributed by atoms with Gasteiger partial charge in [-0.3, -0.25) is 9.69 Å². The summed E-state index contributed by atoms with van der Waals surface area (Å²) in [6, 6.07) is 3.03. The number of fused-ring (bicyclic) bond motifs is 1. The maximum absolute atomic E-state index is 13.3. The maximum atomic E-state index is 13.3. The molecule has 1 aliphatic heterocycles. The Balaban J connectivity index is 1.49. The molecule has 5 aliphatic rings. The summed E-state index contributed by atoms with van der Waals surface area (Å²) in [7, 11) is 0. The standard InChI is InChI=1S/C26H34N2O6/c1-14-21(31)17(23(33)27-24(13-29)6-7-24)11-26(34)19-10-16-4-5-18(30)22(32)20(16)25(14,26)8-9-28(19)12-15-2-3-15/h4-5,14-15,19,29-32,34H,2-3,6-13H2,1H3,(H,27,33)/t14-,19+,25+,26+/m0/s1. The Morgan fingerprint density at radius 1 is 1.18 bits per heavy atom. The highest BCUT2D eigenvalue weighted by Gasteiger charge is 2.69. The van der Waals surface area contributed by atoms with Crippen molar-refractivity contribution >= 4 is 5.91 Å². The van der Waals surface area contributed by atoms with Crippen LogP contribution in [-0.4, -0.2) is 73.2 Å². The quantitative estimate of drug-likeness (QED) is 0.360. The second kappa shape index (κ2) is 7.12. The van der Waals surface area contributed by atoms with Gasteiger partial charge in [0, 0.05) is 35.9 Å². The van der Waals surface area contributed by atoms with Crippen molar-refractivity contribution in [3.8, 4) is 11.5 Å². The molecule has 6 rings (SSSR count). The molecular formula is C26H34N2O6. The van der Waals surface area contributed by atoms with Gasteiger partial charge in [-0.05, 0) is 62.6 Å². The Labute approximate surface area is 198 Å². The first-order valence-corrected chi connectivity index (χ1v) is 12.5. The third kappa shape index (κ3) is 2.85. The van der Waals surface area contributed by atoms with Crippen molar-refractivity contribution in [3.63, 3.8) is 0 Å². The molecule has 3 fully saturated rings. The SMILES string of the molecule is C[C@H]1C(O)=C(C(=O)NC2(CO)CC2)C[C@@]2(O)[C@H]3Cc4ccc(O)c(O)c4[C@@]12CCN3CC1CC1. The van der Waals surface area contributed by atoms with Crippen LogP contribution in [0.4, 0.5) is 0 Å². The van der Waals surface area contributed by atoms with Gasteiger partial charge in [-0.25, -0.2) is 0 Å². The summed E-state index contributed by atoms with van der Waals surface area (Å²) in [4.78, 5) is 15.6. The maximum Gasteiger partial charge on any atom is 0.251 e. The first-order valence-electron chi connectivity index (χ1n) is 12.5. The minimum absolute atomic E-state index is 0.0448. The van der Waals surface area contributed by atoms with Crippen molar-refractivity contribution in [2.75, 3.05) is 19.7 Å². The molecule has 4 atom stereocenters. The average molecular weight is 471 g/mol. The predicted octanol–water partition coefficient (Wildman–Crippen LogP) is 1.60. The number of carbonyl (C=O) groups is 1. The molecule has 2 bridgehead atoms. The van der Waals surface area contributed by atoms with Crippen LogP contribution in [0.5, 0.6) is 11.5 Å². The Morgan fingerprint density at radius 2 is 1.91 bits per heavy atom. The molecule has 8 nitrogen and oxygen atoms in total. The number of piperidine rings is 1. The number of rotatable bonds is 5. The fraction of sp³-hybridized carbons (Fsp3) is 0.654. The van der Waals surface area contributed by atoms with Gasteiger partial charge in [0.05, 0.1) is 23.3 Å². The lowest BCUT2D eigenvalue weighted by atomic mass is 9.46. The molecule has 6 N–H and O–H groups in total. The fourth-order valence-corrected chi connectivity index (χ4v) is 7.20. The monoisotopic (exact) mass is 470 g/mol. The summed E-state index contributed by atoms with van der Waals surface area (Å²) in [6.45, 7) is 3.25. The van der Waals surface area contributed by atoms with E-state index in [2.05, 4.69) is 10.2 Å². The Bertz CT molecular complexity index is 1090. The third-order valence-corrected chi connectivity index (χ3v) is 9.56. The number of aliphatic hydroxyl groups is 3. The van der Waals surface area contributed by atoms with Crippen molar-refractivity contribution in [3.05, 3.63) is 34.6 Å². The van der Waals surface area contributed by atoms with E-state index in [1.54, 1.807) is 6.92 Å². The summed E-state index contributed by atoms with van der Waals surface area (Å²) in [6.07, 6.45) is 4.69. The van der Waals surface area contributed by atoms with Gasteiger partial charge in [0.1, 0.15) is 5.76 Å². The van der Waals surface area contributed by atoms with Crippen molar-refractivity contribution in [2.24, 2.45) is 11.8 Å². The molecule has 0 aromatic heterocycles. The highest BCUT2D eigenvalue weighted by molar-refractivity contribution is 5.95. The molecule has 1 aromatic carbocycles. The normalized spacial score (nSPS) is 36.0. The van der Waals surface area contributed by atoms with Gasteiger partial charge in [-0.1, -0.05) is 13.0 Å². The second-order valence-electron chi connectivity index (χ2n) is 11.4. The number of amides is 1. The van der Waals surface area contributed by atoms with Crippen molar-refractivity contribution in [2.45, 2.75) is 74.5 Å². The highest BCUT2D eigenvalue weighted by Crippen LogP contribution is 2.64. The van der Waals surface area contributed by atoms with E-state index in [9.17, 15) is 30.3 Å². The van der Waals surface area contributed by atoms with E-state index >= 15 is 0 Å². The molecule has 4 aliphatic carbocycles. The Hall–Kier alpha value is -2.29. The van der Waals surface area contributed by atoms with E-state index in [0.29, 0.717) is 43.7 Å². The third-order valence-electron chi connectivity index (χ3n) is 9.56. The fourth-order valence-electron chi connectivity index (χ4n) is 7.20. The average Bonchev–Trinajstić information content (AvgIpc) is 3.73. The van der Waals surface area contributed by atoms with Crippen molar-refractivity contribution in [1.82, 2.24) is 10.2 Å². The number of nitrogens with one attached hydrogen (secondary N) is 1. The summed E-state index contributed by atoms with van der Waals surface area (Å²) >= 11 is 0. The topological polar surface area (TPSA) is 133 Å². The van der Waals surface area contributed by atoms with Crippen LogP contribution in [0.3, 0.4) is 0 Å². The number of phenols is 2. The molecule has 1 saturated heterocycles. The van der Waals surface area contributed by atoms with E-state index in [1.807, 2.05) is 6.07 Å². The number of allylic oxidation sites excluding steroid dienone is 1. The van der Waals surface area contributed by atoms with Crippen LogP contribution in [0, 0.1) is 11.8 Å². The molecule has 1 amide bonds. The van der Waals surface area contributed by atoms with Gasteiger partial charge in [0.2, 0.25) is 0 Å². The van der Waals surface area contributed by atoms with Gasteiger partial charge in [-0.15, -0.1) is 0 Å². The number of nitrogens with zero attached hydrogens (tertiary/aromatic N) is 1. The molecule has 1 heterocycles. The number of aromatic hydroxyl groups is 2. The van der Waals surface area contributed by atoms with E-state index in [1.165, 1.54) is 18.9 Å². The first-order chi connectivity index (χ1) is 16.2. The zero-order valence-corrected chi connectivity index (χ0v) is 19.5. The zero-order chi connectivity index (χ0) is 24.0. The Morgan fingerprint density at radius 3 is 2.56 bits per heavy atom. The minimum atomic E-state index is -1.41. The van der Waals surface area contributed by atoms with Gasteiger partial charge >= 0.3 is 0 Å². The molecule has 0 radical (unpaired) electrons. The molecule has 34 heavy (non-hydrogen) atoms. The number of hydrogen-bond acceptors (Lipinski definition) is 7. The lowest BCUT2D eigenvalue weighted by molar-refractivity contribution is -0.171. The molecule has 184 valence electrons. The highest BCUT2D eigenvalue weighted by atomic mass is 16.3. The number of hydrogen-bond donors (Lipinski definition) is 6. The van der Waals surface area contributed by atoms with Crippen LogP contribution >= 0.6 is 0 Å². The second-order valence-corrected chi connectivity index (χ2v) is 11.4. The molecule has 2 saturated carbocycles. The molecular weight excluding hydrogens is 436 g/mol. The number of phenolic OH excluding ortho intramolecular Hbond substituents is 2. The summed E-state index contributed by atoms with van der Waals surface area (Å²) < 4.78 is 0. The number of benzene rings is 1. The number of carbonyl (C=O) groups excluding carboxylic acids is 1. The molecule has 8 heteroatoms. The first kappa shape index (κ1) is 22.2. The molecule has 0 unspecified atom stereocenters. The van der Waals surface area contributed by atoms with E-state index in [-0.39, 0.29) is 41.9 Å². The predicted molar refractivity (Wildman–Crippen MR) is 123 cm³/mol. The molecule has 0 spiro atoms. The van der Waals surface area contributed by atoms with E-state index < -0.39 is 28.4 Å². The van der Waals surface area contributed by atoms with Gasteiger partial charge in [0.25, 0.3) is 5.91 Å². The van der Waals surface area contributed by atoms with Crippen LogP contribution in [0.1, 0.15) is 56.6 Å².